The van der Waals surface area contributed by atoms with Crippen LogP contribution in [0.3, 0.4) is 0 Å². The quantitative estimate of drug-likeness (QED) is 0.882. The van der Waals surface area contributed by atoms with Crippen LogP contribution in [0.4, 0.5) is 11.5 Å². The average Bonchev–Trinajstić information content (AvgIpc) is 3.10. The number of rotatable bonds is 2. The summed E-state index contributed by atoms with van der Waals surface area (Å²) in [6.45, 7) is 3.20. The highest BCUT2D eigenvalue weighted by atomic mass is 35.5. The van der Waals surface area contributed by atoms with Crippen LogP contribution in [-0.2, 0) is 4.79 Å². The van der Waals surface area contributed by atoms with E-state index in [9.17, 15) is 10.1 Å². The normalized spacial score (nSPS) is 18.8. The molecule has 1 saturated heterocycles. The number of fused-ring (bicyclic) bond motifs is 1. The van der Waals surface area contributed by atoms with Crippen LogP contribution in [0, 0.1) is 11.3 Å². The zero-order valence-electron chi connectivity index (χ0n) is 14.2. The molecule has 0 radical (unpaired) electrons. The molecule has 26 heavy (non-hydrogen) atoms. The van der Waals surface area contributed by atoms with Gasteiger partial charge in [0, 0.05) is 49.6 Å². The number of benzene rings is 1. The lowest BCUT2D eigenvalue weighted by Crippen LogP contribution is -2.50. The number of anilines is 2. The average molecular weight is 368 g/mol. The summed E-state index contributed by atoms with van der Waals surface area (Å²) in [7, 11) is 0. The summed E-state index contributed by atoms with van der Waals surface area (Å²) >= 11 is 6.03. The topological polar surface area (TPSA) is 72.3 Å². The first-order valence-electron chi connectivity index (χ1n) is 8.59. The number of nitriles is 1. The number of piperazine rings is 1. The highest BCUT2D eigenvalue weighted by Crippen LogP contribution is 2.34. The van der Waals surface area contributed by atoms with E-state index in [1.54, 1.807) is 18.3 Å². The van der Waals surface area contributed by atoms with Gasteiger partial charge in [0.05, 0.1) is 11.5 Å². The molecule has 0 bridgehead atoms. The van der Waals surface area contributed by atoms with E-state index in [1.807, 2.05) is 23.1 Å². The van der Waals surface area contributed by atoms with Crippen molar-refractivity contribution in [2.75, 3.05) is 42.9 Å². The summed E-state index contributed by atoms with van der Waals surface area (Å²) in [5.41, 5.74) is 2.53. The number of hydrogen-bond acceptors (Lipinski definition) is 5. The Balaban J connectivity index is 1.44. The zero-order chi connectivity index (χ0) is 18.1. The first-order valence-corrected chi connectivity index (χ1v) is 8.97. The van der Waals surface area contributed by atoms with Crippen molar-refractivity contribution < 1.29 is 4.79 Å². The SMILES string of the molecule is N#Cc1cccnc1N1CCN(C(=O)C2CNc3cc(Cl)ccc32)CC1. The van der Waals surface area contributed by atoms with Crippen molar-refractivity contribution >= 4 is 29.0 Å². The molecule has 1 unspecified atom stereocenters. The van der Waals surface area contributed by atoms with E-state index in [0.29, 0.717) is 49.1 Å². The fraction of sp³-hybridized carbons (Fsp3) is 0.316. The molecule has 1 amide bonds. The predicted molar refractivity (Wildman–Crippen MR) is 100 cm³/mol. The Bertz CT molecular complexity index is 886. The lowest BCUT2D eigenvalue weighted by molar-refractivity contribution is -0.132. The summed E-state index contributed by atoms with van der Waals surface area (Å²) < 4.78 is 0. The molecule has 4 rings (SSSR count). The molecule has 132 valence electrons. The highest BCUT2D eigenvalue weighted by Gasteiger charge is 2.33. The Morgan fingerprint density at radius 3 is 2.85 bits per heavy atom. The van der Waals surface area contributed by atoms with Crippen molar-refractivity contribution in [3.63, 3.8) is 0 Å². The van der Waals surface area contributed by atoms with Crippen LogP contribution in [0.1, 0.15) is 17.0 Å². The van der Waals surface area contributed by atoms with E-state index in [1.165, 1.54) is 0 Å². The smallest absolute Gasteiger partial charge is 0.232 e. The van der Waals surface area contributed by atoms with Gasteiger partial charge in [-0.2, -0.15) is 5.26 Å². The van der Waals surface area contributed by atoms with Gasteiger partial charge < -0.3 is 15.1 Å². The van der Waals surface area contributed by atoms with E-state index < -0.39 is 0 Å². The van der Waals surface area contributed by atoms with Crippen LogP contribution in [-0.4, -0.2) is 48.5 Å². The van der Waals surface area contributed by atoms with Crippen molar-refractivity contribution in [3.05, 3.63) is 52.7 Å². The fourth-order valence-electron chi connectivity index (χ4n) is 3.62. The molecule has 3 heterocycles. The lowest BCUT2D eigenvalue weighted by atomic mass is 9.99. The third-order valence-electron chi connectivity index (χ3n) is 4.98. The predicted octanol–water partition coefficient (Wildman–Crippen LogP) is 2.46. The minimum absolute atomic E-state index is 0.139. The first kappa shape index (κ1) is 16.7. The third kappa shape index (κ3) is 2.95. The number of amides is 1. The summed E-state index contributed by atoms with van der Waals surface area (Å²) in [5, 5.41) is 13.2. The van der Waals surface area contributed by atoms with Gasteiger partial charge in [0.2, 0.25) is 5.91 Å². The Kier molecular flexibility index (Phi) is 4.39. The molecule has 1 fully saturated rings. The van der Waals surface area contributed by atoms with Crippen molar-refractivity contribution in [2.24, 2.45) is 0 Å². The lowest BCUT2D eigenvalue weighted by Gasteiger charge is -2.36. The Morgan fingerprint density at radius 2 is 2.08 bits per heavy atom. The minimum Gasteiger partial charge on any atom is -0.384 e. The number of aromatic nitrogens is 1. The molecule has 1 aromatic heterocycles. The number of carbonyl (C=O) groups excluding carboxylic acids is 1. The molecule has 0 saturated carbocycles. The largest absolute Gasteiger partial charge is 0.384 e. The number of nitrogens with zero attached hydrogens (tertiary/aromatic N) is 4. The highest BCUT2D eigenvalue weighted by molar-refractivity contribution is 6.30. The van der Waals surface area contributed by atoms with Gasteiger partial charge in [-0.1, -0.05) is 17.7 Å². The van der Waals surface area contributed by atoms with Gasteiger partial charge in [0.15, 0.2) is 0 Å². The number of carbonyl (C=O) groups is 1. The molecule has 0 spiro atoms. The number of nitrogens with one attached hydrogen (secondary N) is 1. The molecule has 1 atom stereocenters. The molecular formula is C19H18ClN5O. The molecular weight excluding hydrogens is 350 g/mol. The van der Waals surface area contributed by atoms with Crippen molar-refractivity contribution in [1.29, 1.82) is 5.26 Å². The van der Waals surface area contributed by atoms with E-state index in [-0.39, 0.29) is 11.8 Å². The maximum absolute atomic E-state index is 13.0. The number of halogens is 1. The Morgan fingerprint density at radius 1 is 1.27 bits per heavy atom. The van der Waals surface area contributed by atoms with Crippen LogP contribution >= 0.6 is 11.6 Å². The van der Waals surface area contributed by atoms with Crippen LogP contribution in [0.15, 0.2) is 36.5 Å². The number of pyridine rings is 1. The van der Waals surface area contributed by atoms with E-state index in [4.69, 9.17) is 11.6 Å². The summed E-state index contributed by atoms with van der Waals surface area (Å²) in [5.74, 6) is 0.669. The van der Waals surface area contributed by atoms with E-state index >= 15 is 0 Å². The molecule has 2 aromatic rings. The molecule has 1 aromatic carbocycles. The van der Waals surface area contributed by atoms with Crippen molar-refractivity contribution in [2.45, 2.75) is 5.92 Å². The van der Waals surface area contributed by atoms with Gasteiger partial charge >= 0.3 is 0 Å². The second kappa shape index (κ2) is 6.85. The standard InChI is InChI=1S/C19H18ClN5O/c20-14-3-4-15-16(12-23-17(15)10-14)19(26)25-8-6-24(7-9-25)18-13(11-21)2-1-5-22-18/h1-5,10,16,23H,6-9,12H2. The molecule has 1 N–H and O–H groups in total. The van der Waals surface area contributed by atoms with Crippen LogP contribution < -0.4 is 10.2 Å². The molecule has 2 aliphatic rings. The zero-order valence-corrected chi connectivity index (χ0v) is 14.9. The van der Waals surface area contributed by atoms with Gasteiger partial charge in [-0.15, -0.1) is 0 Å². The Labute approximate surface area is 157 Å². The van der Waals surface area contributed by atoms with Gasteiger partial charge in [-0.25, -0.2) is 4.98 Å². The Hall–Kier alpha value is -2.78. The van der Waals surface area contributed by atoms with E-state index in [0.717, 1.165) is 11.3 Å². The summed E-state index contributed by atoms with van der Waals surface area (Å²) in [4.78, 5) is 21.3. The second-order valence-electron chi connectivity index (χ2n) is 6.46. The second-order valence-corrected chi connectivity index (χ2v) is 6.90. The van der Waals surface area contributed by atoms with Gasteiger partial charge in [0.1, 0.15) is 11.9 Å². The molecule has 7 heteroatoms. The third-order valence-corrected chi connectivity index (χ3v) is 5.22. The van der Waals surface area contributed by atoms with Gasteiger partial charge in [0.25, 0.3) is 0 Å². The fourth-order valence-corrected chi connectivity index (χ4v) is 3.80. The maximum Gasteiger partial charge on any atom is 0.232 e. The molecule has 6 nitrogen and oxygen atoms in total. The van der Waals surface area contributed by atoms with Crippen molar-refractivity contribution in [3.8, 4) is 6.07 Å². The maximum atomic E-state index is 13.0. The van der Waals surface area contributed by atoms with Crippen LogP contribution in [0.2, 0.25) is 5.02 Å². The molecule has 2 aliphatic heterocycles. The van der Waals surface area contributed by atoms with Crippen LogP contribution in [0.25, 0.3) is 0 Å². The monoisotopic (exact) mass is 367 g/mol. The first-order chi connectivity index (χ1) is 12.7. The number of hydrogen-bond donors (Lipinski definition) is 1. The summed E-state index contributed by atoms with van der Waals surface area (Å²) in [6.07, 6.45) is 1.69. The van der Waals surface area contributed by atoms with Gasteiger partial charge in [-0.05, 0) is 29.8 Å². The van der Waals surface area contributed by atoms with Crippen LogP contribution in [0.5, 0.6) is 0 Å². The summed E-state index contributed by atoms with van der Waals surface area (Å²) in [6, 6.07) is 11.3. The van der Waals surface area contributed by atoms with E-state index in [2.05, 4.69) is 21.3 Å². The minimum atomic E-state index is -0.168. The van der Waals surface area contributed by atoms with Gasteiger partial charge in [-0.3, -0.25) is 4.79 Å². The van der Waals surface area contributed by atoms with Crippen molar-refractivity contribution in [1.82, 2.24) is 9.88 Å². The molecule has 0 aliphatic carbocycles.